The predicted molar refractivity (Wildman–Crippen MR) is 89.3 cm³/mol. The number of para-hydroxylation sites is 2. The minimum Gasteiger partial charge on any atom is -0.810 e. The number of nitrogens with one attached hydrogen (secondary N) is 1. The first-order chi connectivity index (χ1) is 11.0. The number of hydrogen-bond acceptors (Lipinski definition) is 4. The Morgan fingerprint density at radius 3 is 2.42 bits per heavy atom. The van der Waals surface area contributed by atoms with Crippen LogP contribution in [0, 0.1) is 0 Å². The van der Waals surface area contributed by atoms with Gasteiger partial charge in [0.15, 0.2) is 11.5 Å². The maximum atomic E-state index is 11.2. The summed E-state index contributed by atoms with van der Waals surface area (Å²) in [5.74, 6) is 0.0874. The van der Waals surface area contributed by atoms with E-state index in [0.717, 1.165) is 6.21 Å². The van der Waals surface area contributed by atoms with E-state index >= 15 is 0 Å². The Balaban J connectivity index is 0.000000425. The van der Waals surface area contributed by atoms with Crippen molar-refractivity contribution in [3.63, 3.8) is 0 Å². The van der Waals surface area contributed by atoms with Crippen molar-refractivity contribution in [3.05, 3.63) is 59.0 Å². The second-order valence-electron chi connectivity index (χ2n) is 4.40. The molecule has 0 saturated heterocycles. The molecule has 129 valence electrons. The third-order valence-electron chi connectivity index (χ3n) is 2.88. The summed E-state index contributed by atoms with van der Waals surface area (Å²) in [6.45, 7) is 2.39. The van der Waals surface area contributed by atoms with Crippen LogP contribution in [-0.2, 0) is 17.1 Å². The van der Waals surface area contributed by atoms with Crippen LogP contribution in [0.1, 0.15) is 22.8 Å². The number of phenols is 2. The Labute approximate surface area is 151 Å². The molecular formula is C17H19MnN2O4-. The van der Waals surface area contributed by atoms with Crippen molar-refractivity contribution in [1.82, 2.24) is 5.32 Å². The molecule has 2 aromatic rings. The van der Waals surface area contributed by atoms with Crippen LogP contribution in [0.2, 0.25) is 0 Å². The van der Waals surface area contributed by atoms with E-state index in [1.165, 1.54) is 13.2 Å². The molecule has 0 bridgehead atoms. The molecule has 2 rings (SSSR count). The van der Waals surface area contributed by atoms with Gasteiger partial charge in [-0.25, -0.2) is 0 Å². The quantitative estimate of drug-likeness (QED) is 0.569. The summed E-state index contributed by atoms with van der Waals surface area (Å²) in [6.07, 6.45) is 0.831. The zero-order valence-corrected chi connectivity index (χ0v) is 14.5. The van der Waals surface area contributed by atoms with E-state index in [0.29, 0.717) is 23.4 Å². The van der Waals surface area contributed by atoms with Gasteiger partial charge in [0.25, 0.3) is 5.91 Å². The van der Waals surface area contributed by atoms with Gasteiger partial charge in [0.05, 0.1) is 12.7 Å². The molecule has 0 aromatic heterocycles. The Kier molecular flexibility index (Phi) is 9.94. The molecule has 6 nitrogen and oxygen atoms in total. The first-order valence-corrected chi connectivity index (χ1v) is 6.94. The van der Waals surface area contributed by atoms with Gasteiger partial charge in [-0.2, -0.15) is 6.21 Å². The summed E-state index contributed by atoms with van der Waals surface area (Å²) >= 11 is 0. The number of rotatable bonds is 4. The summed E-state index contributed by atoms with van der Waals surface area (Å²) < 4.78 is 4.81. The molecular weight excluding hydrogens is 351 g/mol. The van der Waals surface area contributed by atoms with Crippen LogP contribution in [-0.4, -0.2) is 36.0 Å². The van der Waals surface area contributed by atoms with E-state index in [1.807, 2.05) is 6.92 Å². The van der Waals surface area contributed by atoms with E-state index in [9.17, 15) is 15.0 Å². The molecule has 0 aliphatic rings. The van der Waals surface area contributed by atoms with Gasteiger partial charge < -0.3 is 25.7 Å². The van der Waals surface area contributed by atoms with Crippen molar-refractivity contribution < 1.29 is 36.8 Å². The molecule has 0 saturated carbocycles. The molecule has 1 amide bonds. The smallest absolute Gasteiger partial charge is 0.255 e. The minimum atomic E-state index is -0.240. The van der Waals surface area contributed by atoms with E-state index < -0.39 is 0 Å². The molecule has 2 aromatic carbocycles. The van der Waals surface area contributed by atoms with Crippen LogP contribution in [0.25, 0.3) is 5.41 Å². The van der Waals surface area contributed by atoms with E-state index in [4.69, 9.17) is 10.1 Å². The number of methoxy groups -OCH3 is 1. The van der Waals surface area contributed by atoms with Gasteiger partial charge in [-0.3, -0.25) is 4.79 Å². The Bertz CT molecular complexity index is 677. The number of ether oxygens (including phenoxy) is 1. The number of amides is 1. The van der Waals surface area contributed by atoms with Crippen molar-refractivity contribution in [3.8, 4) is 17.2 Å². The van der Waals surface area contributed by atoms with Crippen molar-refractivity contribution in [2.24, 2.45) is 0 Å². The van der Waals surface area contributed by atoms with Crippen molar-refractivity contribution in [2.45, 2.75) is 6.92 Å². The molecule has 1 radical (unpaired) electrons. The summed E-state index contributed by atoms with van der Waals surface area (Å²) in [7, 11) is 1.45. The summed E-state index contributed by atoms with van der Waals surface area (Å²) in [6, 6.07) is 11.3. The fourth-order valence-electron chi connectivity index (χ4n) is 1.73. The monoisotopic (exact) mass is 370 g/mol. The number of nitrogens with zero attached hydrogens (tertiary/aromatic N) is 1. The number of aromatic hydroxyl groups is 2. The summed E-state index contributed by atoms with van der Waals surface area (Å²) in [5.41, 5.74) is 0.670. The molecule has 0 heterocycles. The number of phenolic OH excluding ortho intramolecular Hbond substituents is 2. The van der Waals surface area contributed by atoms with E-state index in [1.54, 1.807) is 36.4 Å². The summed E-state index contributed by atoms with van der Waals surface area (Å²) in [5, 5.41) is 29.7. The van der Waals surface area contributed by atoms with Gasteiger partial charge in [-0.1, -0.05) is 24.3 Å². The Morgan fingerprint density at radius 2 is 1.88 bits per heavy atom. The van der Waals surface area contributed by atoms with Gasteiger partial charge in [-0.05, 0) is 30.7 Å². The largest absolute Gasteiger partial charge is 0.810 e. The molecule has 0 unspecified atom stereocenters. The maximum absolute atomic E-state index is 11.2. The predicted octanol–water partition coefficient (Wildman–Crippen LogP) is 2.53. The first kappa shape index (κ1) is 21.5. The fourth-order valence-corrected chi connectivity index (χ4v) is 1.73. The maximum Gasteiger partial charge on any atom is 0.255 e. The number of carbonyl (C=O) groups is 1. The molecule has 24 heavy (non-hydrogen) atoms. The van der Waals surface area contributed by atoms with Gasteiger partial charge in [-0.15, -0.1) is 0 Å². The average Bonchev–Trinajstić information content (AvgIpc) is 2.56. The zero-order chi connectivity index (χ0) is 17.2. The molecule has 0 fully saturated rings. The fraction of sp³-hybridized carbons (Fsp3) is 0.176. The van der Waals surface area contributed by atoms with Crippen LogP contribution in [0.5, 0.6) is 17.2 Å². The molecule has 0 atom stereocenters. The van der Waals surface area contributed by atoms with Crippen LogP contribution in [0.4, 0.5) is 0 Å². The molecule has 3 N–H and O–H groups in total. The first-order valence-electron chi connectivity index (χ1n) is 6.94. The second kappa shape index (κ2) is 11.1. The Hall–Kier alpha value is -2.50. The van der Waals surface area contributed by atoms with Crippen LogP contribution >= 0.6 is 0 Å². The number of hydrogen-bond donors (Lipinski definition) is 3. The number of benzene rings is 2. The SMILES string of the molecule is CCNC(=O)c1ccccc1O.COc1cccc(C=[N-])c1O.[Mn]. The third-order valence-corrected chi connectivity index (χ3v) is 2.88. The van der Waals surface area contributed by atoms with Gasteiger partial charge in [0.2, 0.25) is 0 Å². The molecule has 0 spiro atoms. The van der Waals surface area contributed by atoms with E-state index in [-0.39, 0.29) is 34.5 Å². The molecule has 0 aliphatic carbocycles. The minimum absolute atomic E-state index is 0. The third kappa shape index (κ3) is 5.95. The Morgan fingerprint density at radius 1 is 1.21 bits per heavy atom. The summed E-state index contributed by atoms with van der Waals surface area (Å²) in [4.78, 5) is 11.2. The van der Waals surface area contributed by atoms with Crippen molar-refractivity contribution in [1.29, 1.82) is 0 Å². The van der Waals surface area contributed by atoms with Crippen molar-refractivity contribution in [2.75, 3.05) is 13.7 Å². The van der Waals surface area contributed by atoms with Crippen LogP contribution < -0.4 is 10.1 Å². The standard InChI is InChI=1S/C9H11NO2.C8H8NO2.Mn/c1-2-10-9(12)7-5-3-4-6-8(7)11;1-11-7-4-2-3-6(5-9)8(7)10;/h3-6,11H,2H2,1H3,(H,10,12);2-5,10H,1H3;/q;-1;. The average molecular weight is 370 g/mol. The normalized spacial score (nSPS) is 8.92. The molecule has 7 heteroatoms. The topological polar surface area (TPSA) is 101 Å². The van der Waals surface area contributed by atoms with Gasteiger partial charge >= 0.3 is 0 Å². The van der Waals surface area contributed by atoms with Crippen LogP contribution in [0.15, 0.2) is 42.5 Å². The number of carbonyl (C=O) groups excluding carboxylic acids is 1. The van der Waals surface area contributed by atoms with Crippen molar-refractivity contribution >= 4 is 12.1 Å². The van der Waals surface area contributed by atoms with Gasteiger partial charge in [0, 0.05) is 23.6 Å². The molecule has 0 aliphatic heterocycles. The van der Waals surface area contributed by atoms with Gasteiger partial charge in [0.1, 0.15) is 5.75 Å². The van der Waals surface area contributed by atoms with E-state index in [2.05, 4.69) is 5.32 Å². The zero-order valence-electron chi connectivity index (χ0n) is 13.4. The van der Waals surface area contributed by atoms with Crippen LogP contribution in [0.3, 0.4) is 0 Å². The second-order valence-corrected chi connectivity index (χ2v) is 4.40.